The summed E-state index contributed by atoms with van der Waals surface area (Å²) in [5.74, 6) is 1.86. The van der Waals surface area contributed by atoms with E-state index in [0.717, 1.165) is 35.1 Å². The van der Waals surface area contributed by atoms with E-state index in [0.29, 0.717) is 0 Å². The summed E-state index contributed by atoms with van der Waals surface area (Å²) in [6.07, 6.45) is 6.79. The van der Waals surface area contributed by atoms with Crippen molar-refractivity contribution in [3.63, 3.8) is 0 Å². The summed E-state index contributed by atoms with van der Waals surface area (Å²) in [7, 11) is 1.99. The largest absolute Gasteiger partial charge is 0.312 e. The summed E-state index contributed by atoms with van der Waals surface area (Å²) in [5.41, 5.74) is 3.10. The molecule has 1 fully saturated rings. The molecular weight excluding hydrogens is 272 g/mol. The van der Waals surface area contributed by atoms with Crippen LogP contribution in [0.1, 0.15) is 55.9 Å². The van der Waals surface area contributed by atoms with Gasteiger partial charge in [-0.1, -0.05) is 25.7 Å². The van der Waals surface area contributed by atoms with E-state index in [9.17, 15) is 0 Å². The second-order valence-corrected chi connectivity index (χ2v) is 6.71. The summed E-state index contributed by atoms with van der Waals surface area (Å²) in [6, 6.07) is 0. The van der Waals surface area contributed by atoms with Crippen molar-refractivity contribution in [3.8, 4) is 0 Å². The van der Waals surface area contributed by atoms with Crippen molar-refractivity contribution >= 4 is 22.8 Å². The maximum absolute atomic E-state index is 6.32. The minimum atomic E-state index is -0.0645. The Hall–Kier alpha value is -1.03. The van der Waals surface area contributed by atoms with Crippen molar-refractivity contribution in [1.82, 2.24) is 19.3 Å². The van der Waals surface area contributed by atoms with Crippen molar-refractivity contribution in [2.75, 3.05) is 0 Å². The van der Waals surface area contributed by atoms with Gasteiger partial charge in [-0.15, -0.1) is 11.6 Å². The van der Waals surface area contributed by atoms with Crippen LogP contribution in [0, 0.1) is 12.8 Å². The Morgan fingerprint density at radius 2 is 2.05 bits per heavy atom. The van der Waals surface area contributed by atoms with Crippen LogP contribution in [0.5, 0.6) is 0 Å². The zero-order valence-corrected chi connectivity index (χ0v) is 13.3. The predicted octanol–water partition coefficient (Wildman–Crippen LogP) is 3.96. The lowest BCUT2D eigenvalue weighted by Gasteiger charge is -2.14. The number of rotatable bonds is 4. The van der Waals surface area contributed by atoms with E-state index < -0.39 is 0 Å². The van der Waals surface area contributed by atoms with Crippen LogP contribution in [0.2, 0.25) is 0 Å². The third-order valence-corrected chi connectivity index (χ3v) is 4.71. The van der Waals surface area contributed by atoms with Crippen molar-refractivity contribution < 1.29 is 0 Å². The average molecular weight is 295 g/mol. The zero-order valence-electron chi connectivity index (χ0n) is 12.6. The highest BCUT2D eigenvalue weighted by Crippen LogP contribution is 2.31. The number of fused-ring (bicyclic) bond motifs is 1. The molecule has 0 aromatic carbocycles. The predicted molar refractivity (Wildman–Crippen MR) is 82.1 cm³/mol. The lowest BCUT2D eigenvalue weighted by Crippen LogP contribution is -2.10. The van der Waals surface area contributed by atoms with Gasteiger partial charge in [0.25, 0.3) is 0 Å². The molecule has 1 aliphatic rings. The maximum atomic E-state index is 6.32. The summed E-state index contributed by atoms with van der Waals surface area (Å²) >= 11 is 6.32. The molecule has 4 nitrogen and oxygen atoms in total. The van der Waals surface area contributed by atoms with Gasteiger partial charge in [-0.3, -0.25) is 4.68 Å². The fourth-order valence-electron chi connectivity index (χ4n) is 3.49. The summed E-state index contributed by atoms with van der Waals surface area (Å²) in [5, 5.41) is 4.42. The lowest BCUT2D eigenvalue weighted by atomic mass is 10.0. The Labute approximate surface area is 125 Å². The van der Waals surface area contributed by atoms with Crippen LogP contribution in [0.15, 0.2) is 0 Å². The molecule has 0 saturated heterocycles. The summed E-state index contributed by atoms with van der Waals surface area (Å²) < 4.78 is 4.22. The normalized spacial score (nSPS) is 18.2. The second kappa shape index (κ2) is 5.40. The van der Waals surface area contributed by atoms with Crippen LogP contribution in [0.25, 0.3) is 11.2 Å². The van der Waals surface area contributed by atoms with Crippen LogP contribution in [-0.2, 0) is 13.6 Å². The fraction of sp³-hybridized carbons (Fsp3) is 0.733. The van der Waals surface area contributed by atoms with Crippen LogP contribution < -0.4 is 0 Å². The summed E-state index contributed by atoms with van der Waals surface area (Å²) in [4.78, 5) is 4.73. The molecule has 0 N–H and O–H groups in total. The first-order valence-corrected chi connectivity index (χ1v) is 8.05. The first-order valence-electron chi connectivity index (χ1n) is 7.61. The zero-order chi connectivity index (χ0) is 14.3. The van der Waals surface area contributed by atoms with Crippen LogP contribution >= 0.6 is 11.6 Å². The van der Waals surface area contributed by atoms with E-state index in [1.54, 1.807) is 0 Å². The van der Waals surface area contributed by atoms with Gasteiger partial charge in [-0.2, -0.15) is 5.10 Å². The van der Waals surface area contributed by atoms with Gasteiger partial charge in [0.15, 0.2) is 5.65 Å². The molecule has 2 heterocycles. The number of halogens is 1. The number of nitrogens with zero attached hydrogens (tertiary/aromatic N) is 4. The molecule has 0 aliphatic heterocycles. The standard InChI is InChI=1S/C15H23ClN4/c1-10(16)14-17-13-11(2)18-19(3)15(13)20(14)9-8-12-6-4-5-7-12/h10,12H,4-9H2,1-3H3. The van der Waals surface area contributed by atoms with E-state index in [1.165, 1.54) is 32.1 Å². The van der Waals surface area contributed by atoms with E-state index >= 15 is 0 Å². The number of aryl methyl sites for hydroxylation is 3. The SMILES string of the molecule is Cc1nn(C)c2c1nc(C(C)Cl)n2CCC1CCCC1. The number of hydrogen-bond donors (Lipinski definition) is 0. The Bertz CT molecular complexity index is 605. The van der Waals surface area contributed by atoms with Gasteiger partial charge < -0.3 is 4.57 Å². The van der Waals surface area contributed by atoms with Gasteiger partial charge in [-0.25, -0.2) is 4.98 Å². The maximum Gasteiger partial charge on any atom is 0.158 e. The highest BCUT2D eigenvalue weighted by atomic mass is 35.5. The van der Waals surface area contributed by atoms with E-state index in [4.69, 9.17) is 16.6 Å². The number of aromatic nitrogens is 4. The lowest BCUT2D eigenvalue weighted by molar-refractivity contribution is 0.453. The number of hydrogen-bond acceptors (Lipinski definition) is 2. The molecular formula is C15H23ClN4. The van der Waals surface area contributed by atoms with Crippen LogP contribution in [-0.4, -0.2) is 19.3 Å². The third-order valence-electron chi connectivity index (χ3n) is 4.51. The molecule has 0 spiro atoms. The molecule has 1 saturated carbocycles. The Balaban J connectivity index is 1.95. The van der Waals surface area contributed by atoms with Gasteiger partial charge in [0, 0.05) is 13.6 Å². The first kappa shape index (κ1) is 13.9. The molecule has 2 aromatic rings. The van der Waals surface area contributed by atoms with Gasteiger partial charge >= 0.3 is 0 Å². The molecule has 1 aliphatic carbocycles. The molecule has 3 rings (SSSR count). The van der Waals surface area contributed by atoms with Crippen LogP contribution in [0.4, 0.5) is 0 Å². The van der Waals surface area contributed by atoms with E-state index in [1.807, 2.05) is 25.6 Å². The molecule has 0 bridgehead atoms. The Kier molecular flexibility index (Phi) is 3.76. The average Bonchev–Trinajstić information content (AvgIpc) is 3.07. The van der Waals surface area contributed by atoms with Crippen molar-refractivity contribution in [2.24, 2.45) is 13.0 Å². The van der Waals surface area contributed by atoms with Crippen LogP contribution in [0.3, 0.4) is 0 Å². The van der Waals surface area contributed by atoms with Gasteiger partial charge in [0.05, 0.1) is 11.1 Å². The molecule has 110 valence electrons. The Morgan fingerprint density at radius 3 is 2.70 bits per heavy atom. The second-order valence-electron chi connectivity index (χ2n) is 6.06. The molecule has 1 unspecified atom stereocenters. The highest BCUT2D eigenvalue weighted by Gasteiger charge is 2.21. The highest BCUT2D eigenvalue weighted by molar-refractivity contribution is 6.20. The minimum absolute atomic E-state index is 0.0645. The van der Waals surface area contributed by atoms with Gasteiger partial charge in [0.2, 0.25) is 0 Å². The molecule has 1 atom stereocenters. The molecule has 0 amide bonds. The van der Waals surface area contributed by atoms with Crippen molar-refractivity contribution in [2.45, 2.75) is 57.9 Å². The quantitative estimate of drug-likeness (QED) is 0.800. The van der Waals surface area contributed by atoms with Gasteiger partial charge in [0.1, 0.15) is 11.3 Å². The third kappa shape index (κ3) is 2.34. The van der Waals surface area contributed by atoms with E-state index in [-0.39, 0.29) is 5.38 Å². The van der Waals surface area contributed by atoms with Crippen molar-refractivity contribution in [3.05, 3.63) is 11.5 Å². The number of alkyl halides is 1. The molecule has 0 radical (unpaired) electrons. The molecule has 5 heteroatoms. The molecule has 20 heavy (non-hydrogen) atoms. The van der Waals surface area contributed by atoms with Crippen molar-refractivity contribution in [1.29, 1.82) is 0 Å². The Morgan fingerprint density at radius 1 is 1.35 bits per heavy atom. The van der Waals surface area contributed by atoms with E-state index in [2.05, 4.69) is 9.67 Å². The van der Waals surface area contributed by atoms with Gasteiger partial charge in [-0.05, 0) is 26.2 Å². The monoisotopic (exact) mass is 294 g/mol. The minimum Gasteiger partial charge on any atom is -0.312 e. The topological polar surface area (TPSA) is 35.6 Å². The molecule has 2 aromatic heterocycles. The number of imidazole rings is 1. The fourth-order valence-corrected chi connectivity index (χ4v) is 3.65. The smallest absolute Gasteiger partial charge is 0.158 e. The first-order chi connectivity index (χ1) is 9.58. The summed E-state index contributed by atoms with van der Waals surface area (Å²) in [6.45, 7) is 5.02.